The topological polar surface area (TPSA) is 26.7 Å². The number of aliphatic hydroxyl groups is 1. The third-order valence-corrected chi connectivity index (χ3v) is 4.18. The maximum atomic E-state index is 12.7. The van der Waals surface area contributed by atoms with Gasteiger partial charge >= 0.3 is 6.18 Å². The first-order valence-corrected chi connectivity index (χ1v) is 6.94. The minimum absolute atomic E-state index is 0.112. The van der Waals surface area contributed by atoms with E-state index in [0.717, 1.165) is 25.2 Å². The fourth-order valence-electron chi connectivity index (χ4n) is 2.78. The van der Waals surface area contributed by atoms with Crippen LogP contribution < -0.4 is 0 Å². The lowest BCUT2D eigenvalue weighted by Crippen LogP contribution is -2.52. The van der Waals surface area contributed by atoms with Gasteiger partial charge in [-0.05, 0) is 44.3 Å². The predicted molar refractivity (Wildman–Crippen MR) is 75.1 cm³/mol. The number of nitrogens with zero attached hydrogens (tertiary/aromatic N) is 2. The molecule has 1 aromatic rings. The summed E-state index contributed by atoms with van der Waals surface area (Å²) in [5.41, 5.74) is 0.360. The lowest BCUT2D eigenvalue weighted by atomic mass is 9.94. The third-order valence-electron chi connectivity index (χ3n) is 4.18. The summed E-state index contributed by atoms with van der Waals surface area (Å²) < 4.78 is 38.1. The van der Waals surface area contributed by atoms with E-state index in [1.54, 1.807) is 6.92 Å². The van der Waals surface area contributed by atoms with E-state index < -0.39 is 17.8 Å². The van der Waals surface area contributed by atoms with Gasteiger partial charge in [0.05, 0.1) is 17.7 Å². The molecule has 1 N–H and O–H groups in total. The Morgan fingerprint density at radius 1 is 1.24 bits per heavy atom. The molecule has 0 bridgehead atoms. The summed E-state index contributed by atoms with van der Waals surface area (Å²) in [6.07, 6.45) is -5.14. The molecule has 118 valence electrons. The van der Waals surface area contributed by atoms with Gasteiger partial charge in [0.1, 0.15) is 0 Å². The summed E-state index contributed by atoms with van der Waals surface area (Å²) in [5.74, 6) is 0. The van der Waals surface area contributed by atoms with E-state index in [1.165, 1.54) is 6.07 Å². The maximum Gasteiger partial charge on any atom is 0.416 e. The summed E-state index contributed by atoms with van der Waals surface area (Å²) in [4.78, 5) is 4.18. The second-order valence-electron chi connectivity index (χ2n) is 5.82. The molecule has 2 rings (SSSR count). The number of aliphatic hydroxyl groups excluding tert-OH is 1. The zero-order valence-electron chi connectivity index (χ0n) is 12.5. The van der Waals surface area contributed by atoms with E-state index in [9.17, 15) is 18.3 Å². The van der Waals surface area contributed by atoms with Crippen LogP contribution in [0.25, 0.3) is 0 Å². The number of benzene rings is 1. The average molecular weight is 302 g/mol. The average Bonchev–Trinajstić information content (AvgIpc) is 2.39. The van der Waals surface area contributed by atoms with Crippen molar-refractivity contribution in [1.82, 2.24) is 9.80 Å². The zero-order chi connectivity index (χ0) is 15.8. The standard InChI is InChI=1S/C15H21F3N2O/c1-10-8-11(15(16,17)18)4-5-12(10)14(21)13-9-19(2)6-7-20(13)3/h4-5,8,13-14,21H,6-7,9H2,1-3H3. The van der Waals surface area contributed by atoms with Crippen molar-refractivity contribution in [3.05, 3.63) is 34.9 Å². The van der Waals surface area contributed by atoms with Gasteiger partial charge in [-0.1, -0.05) is 6.07 Å². The fourth-order valence-corrected chi connectivity index (χ4v) is 2.78. The van der Waals surface area contributed by atoms with Gasteiger partial charge in [-0.2, -0.15) is 13.2 Å². The number of aryl methyl sites for hydroxylation is 1. The van der Waals surface area contributed by atoms with E-state index in [2.05, 4.69) is 9.80 Å². The highest BCUT2D eigenvalue weighted by Gasteiger charge is 2.33. The predicted octanol–water partition coefficient (Wildman–Crippen LogP) is 2.29. The molecule has 0 aliphatic carbocycles. The smallest absolute Gasteiger partial charge is 0.387 e. The largest absolute Gasteiger partial charge is 0.416 e. The Balaban J connectivity index is 2.25. The SMILES string of the molecule is Cc1cc(C(F)(F)F)ccc1C(O)C1CN(C)CCN1C. The highest BCUT2D eigenvalue weighted by molar-refractivity contribution is 5.34. The zero-order valence-corrected chi connectivity index (χ0v) is 12.5. The molecule has 1 fully saturated rings. The first kappa shape index (κ1) is 16.3. The van der Waals surface area contributed by atoms with Gasteiger partial charge in [-0.3, -0.25) is 4.90 Å². The lowest BCUT2D eigenvalue weighted by Gasteiger charge is -2.40. The van der Waals surface area contributed by atoms with Crippen LogP contribution in [0.4, 0.5) is 13.2 Å². The molecule has 21 heavy (non-hydrogen) atoms. The van der Waals surface area contributed by atoms with Crippen molar-refractivity contribution in [3.63, 3.8) is 0 Å². The molecular formula is C15H21F3N2O. The summed E-state index contributed by atoms with van der Waals surface area (Å²) >= 11 is 0. The molecule has 3 nitrogen and oxygen atoms in total. The van der Waals surface area contributed by atoms with Crippen molar-refractivity contribution in [1.29, 1.82) is 0 Å². The molecule has 1 heterocycles. The minimum Gasteiger partial charge on any atom is -0.387 e. The number of hydrogen-bond acceptors (Lipinski definition) is 3. The van der Waals surface area contributed by atoms with Gasteiger partial charge in [-0.15, -0.1) is 0 Å². The molecule has 0 amide bonds. The minimum atomic E-state index is -4.35. The van der Waals surface area contributed by atoms with Gasteiger partial charge in [-0.25, -0.2) is 0 Å². The molecule has 1 saturated heterocycles. The Kier molecular flexibility index (Phi) is 4.60. The van der Waals surface area contributed by atoms with Crippen molar-refractivity contribution in [2.75, 3.05) is 33.7 Å². The van der Waals surface area contributed by atoms with Gasteiger partial charge in [0.25, 0.3) is 0 Å². The molecule has 2 unspecified atom stereocenters. The van der Waals surface area contributed by atoms with Crippen LogP contribution in [-0.2, 0) is 6.18 Å². The van der Waals surface area contributed by atoms with Gasteiger partial charge in [0.15, 0.2) is 0 Å². The number of rotatable bonds is 2. The summed E-state index contributed by atoms with van der Waals surface area (Å²) in [6.45, 7) is 4.06. The normalized spacial score (nSPS) is 23.3. The van der Waals surface area contributed by atoms with Crippen LogP contribution in [0.3, 0.4) is 0 Å². The molecule has 1 aliphatic rings. The number of halogens is 3. The van der Waals surface area contributed by atoms with Crippen LogP contribution in [-0.4, -0.2) is 54.7 Å². The van der Waals surface area contributed by atoms with Crippen molar-refractivity contribution in [2.45, 2.75) is 25.2 Å². The third kappa shape index (κ3) is 3.56. The van der Waals surface area contributed by atoms with Gasteiger partial charge in [0, 0.05) is 19.6 Å². The first-order chi connectivity index (χ1) is 9.70. The first-order valence-electron chi connectivity index (χ1n) is 6.94. The Labute approximate surface area is 123 Å². The Morgan fingerprint density at radius 2 is 1.90 bits per heavy atom. The molecule has 1 aromatic carbocycles. The number of alkyl halides is 3. The molecule has 1 aliphatic heterocycles. The Morgan fingerprint density at radius 3 is 2.48 bits per heavy atom. The molecular weight excluding hydrogens is 281 g/mol. The Bertz CT molecular complexity index is 504. The fraction of sp³-hybridized carbons (Fsp3) is 0.600. The summed E-state index contributed by atoms with van der Waals surface area (Å²) in [5, 5.41) is 10.6. The van der Waals surface area contributed by atoms with Crippen molar-refractivity contribution in [2.24, 2.45) is 0 Å². The van der Waals surface area contributed by atoms with Crippen LogP contribution in [0, 0.1) is 6.92 Å². The van der Waals surface area contributed by atoms with Crippen LogP contribution in [0.15, 0.2) is 18.2 Å². The molecule has 0 radical (unpaired) electrons. The van der Waals surface area contributed by atoms with E-state index in [-0.39, 0.29) is 6.04 Å². The number of likely N-dealkylation sites (N-methyl/N-ethyl adjacent to an activating group) is 2. The molecule has 0 spiro atoms. The van der Waals surface area contributed by atoms with Gasteiger partial charge < -0.3 is 10.0 Å². The van der Waals surface area contributed by atoms with E-state index in [4.69, 9.17) is 0 Å². The monoisotopic (exact) mass is 302 g/mol. The second kappa shape index (κ2) is 5.94. The lowest BCUT2D eigenvalue weighted by molar-refractivity contribution is -0.137. The quantitative estimate of drug-likeness (QED) is 0.908. The van der Waals surface area contributed by atoms with Gasteiger partial charge in [0.2, 0.25) is 0 Å². The van der Waals surface area contributed by atoms with Crippen molar-refractivity contribution in [3.8, 4) is 0 Å². The Hall–Kier alpha value is -1.11. The summed E-state index contributed by atoms with van der Waals surface area (Å²) in [7, 11) is 3.91. The molecule has 0 saturated carbocycles. The number of piperazine rings is 1. The van der Waals surface area contributed by atoms with E-state index in [0.29, 0.717) is 17.7 Å². The maximum absolute atomic E-state index is 12.7. The van der Waals surface area contributed by atoms with Crippen LogP contribution in [0.1, 0.15) is 22.8 Å². The highest BCUT2D eigenvalue weighted by Crippen LogP contribution is 2.33. The highest BCUT2D eigenvalue weighted by atomic mass is 19.4. The van der Waals surface area contributed by atoms with Crippen molar-refractivity contribution >= 4 is 0 Å². The van der Waals surface area contributed by atoms with Crippen LogP contribution in [0.2, 0.25) is 0 Å². The molecule has 0 aromatic heterocycles. The van der Waals surface area contributed by atoms with Crippen LogP contribution in [0.5, 0.6) is 0 Å². The number of hydrogen-bond donors (Lipinski definition) is 1. The van der Waals surface area contributed by atoms with E-state index >= 15 is 0 Å². The summed E-state index contributed by atoms with van der Waals surface area (Å²) in [6, 6.07) is 3.42. The van der Waals surface area contributed by atoms with Crippen LogP contribution >= 0.6 is 0 Å². The molecule has 6 heteroatoms. The molecule has 2 atom stereocenters. The van der Waals surface area contributed by atoms with E-state index in [1.807, 2.05) is 14.1 Å². The second-order valence-corrected chi connectivity index (χ2v) is 5.82. The van der Waals surface area contributed by atoms with Crippen molar-refractivity contribution < 1.29 is 18.3 Å².